The molecule has 3 nitrogen and oxygen atoms in total. The van der Waals surface area contributed by atoms with Crippen molar-refractivity contribution in [3.05, 3.63) is 64.6 Å². The van der Waals surface area contributed by atoms with Crippen LogP contribution in [0, 0.1) is 5.82 Å². The zero-order chi connectivity index (χ0) is 16.9. The molecule has 6 heteroatoms. The van der Waals surface area contributed by atoms with Crippen molar-refractivity contribution in [2.75, 3.05) is 0 Å². The SMILES string of the molecule is C=CCn1c(SCc2ccccc2F)nnc1-c1csc(CC)c1. The number of thioether (sulfide) groups is 1. The largest absolute Gasteiger partial charge is 0.298 e. The highest BCUT2D eigenvalue weighted by Crippen LogP contribution is 2.29. The number of aryl methyl sites for hydroxylation is 1. The number of hydrogen-bond donors (Lipinski definition) is 0. The number of aromatic nitrogens is 3. The van der Waals surface area contributed by atoms with Crippen molar-refractivity contribution < 1.29 is 4.39 Å². The van der Waals surface area contributed by atoms with Gasteiger partial charge < -0.3 is 0 Å². The first kappa shape index (κ1) is 16.9. The molecule has 0 unspecified atom stereocenters. The predicted octanol–water partition coefficient (Wildman–Crippen LogP) is 5.19. The van der Waals surface area contributed by atoms with E-state index in [-0.39, 0.29) is 5.82 Å². The van der Waals surface area contributed by atoms with Crippen LogP contribution in [0.15, 0.2) is 53.5 Å². The number of benzene rings is 1. The normalized spacial score (nSPS) is 10.9. The molecule has 3 rings (SSSR count). The number of rotatable bonds is 7. The molecule has 124 valence electrons. The molecule has 0 fully saturated rings. The Labute approximate surface area is 149 Å². The topological polar surface area (TPSA) is 30.7 Å². The summed E-state index contributed by atoms with van der Waals surface area (Å²) in [5, 5.41) is 11.5. The van der Waals surface area contributed by atoms with Gasteiger partial charge in [0.05, 0.1) is 0 Å². The molecule has 2 heterocycles. The second-order valence-electron chi connectivity index (χ2n) is 5.24. The highest BCUT2D eigenvalue weighted by Gasteiger charge is 2.15. The third-order valence-electron chi connectivity index (χ3n) is 3.60. The van der Waals surface area contributed by atoms with Crippen molar-refractivity contribution >= 4 is 23.1 Å². The van der Waals surface area contributed by atoms with Gasteiger partial charge in [0, 0.05) is 28.1 Å². The number of allylic oxidation sites excluding steroid dienone is 1. The summed E-state index contributed by atoms with van der Waals surface area (Å²) in [6.45, 7) is 6.59. The Morgan fingerprint density at radius 3 is 2.88 bits per heavy atom. The van der Waals surface area contributed by atoms with Crippen molar-refractivity contribution in [2.45, 2.75) is 30.8 Å². The highest BCUT2D eigenvalue weighted by molar-refractivity contribution is 7.98. The van der Waals surface area contributed by atoms with Crippen LogP contribution in [0.5, 0.6) is 0 Å². The number of thiophene rings is 1. The summed E-state index contributed by atoms with van der Waals surface area (Å²) in [6.07, 6.45) is 2.84. The van der Waals surface area contributed by atoms with Gasteiger partial charge in [0.25, 0.3) is 0 Å². The molecule has 0 spiro atoms. The summed E-state index contributed by atoms with van der Waals surface area (Å²) >= 11 is 3.22. The van der Waals surface area contributed by atoms with Crippen LogP contribution in [-0.2, 0) is 18.7 Å². The van der Waals surface area contributed by atoms with Crippen LogP contribution < -0.4 is 0 Å². The van der Waals surface area contributed by atoms with Crippen LogP contribution in [0.25, 0.3) is 11.4 Å². The fourth-order valence-corrected chi connectivity index (χ4v) is 4.09. The van der Waals surface area contributed by atoms with E-state index in [0.29, 0.717) is 17.9 Å². The van der Waals surface area contributed by atoms with Crippen LogP contribution in [0.4, 0.5) is 4.39 Å². The van der Waals surface area contributed by atoms with Gasteiger partial charge in [-0.15, -0.1) is 28.1 Å². The summed E-state index contributed by atoms with van der Waals surface area (Å²) < 4.78 is 15.8. The summed E-state index contributed by atoms with van der Waals surface area (Å²) in [6, 6.07) is 8.97. The summed E-state index contributed by atoms with van der Waals surface area (Å²) in [4.78, 5) is 1.32. The summed E-state index contributed by atoms with van der Waals surface area (Å²) in [7, 11) is 0. The molecule has 0 aliphatic carbocycles. The Bertz CT molecular complexity index is 838. The molecular weight excluding hydrogens is 341 g/mol. The average Bonchev–Trinajstić information content (AvgIpc) is 3.21. The molecule has 1 aromatic carbocycles. The molecular formula is C18H18FN3S2. The van der Waals surface area contributed by atoms with E-state index in [1.165, 1.54) is 22.7 Å². The minimum Gasteiger partial charge on any atom is -0.298 e. The van der Waals surface area contributed by atoms with E-state index in [0.717, 1.165) is 23.0 Å². The molecule has 0 N–H and O–H groups in total. The van der Waals surface area contributed by atoms with Crippen LogP contribution in [0.2, 0.25) is 0 Å². The van der Waals surface area contributed by atoms with Gasteiger partial charge in [0.15, 0.2) is 11.0 Å². The van der Waals surface area contributed by atoms with Gasteiger partial charge in [-0.1, -0.05) is 43.0 Å². The number of hydrogen-bond acceptors (Lipinski definition) is 4. The smallest absolute Gasteiger partial charge is 0.192 e. The molecule has 2 aromatic heterocycles. The Morgan fingerprint density at radius 2 is 2.17 bits per heavy atom. The predicted molar refractivity (Wildman–Crippen MR) is 98.9 cm³/mol. The van der Waals surface area contributed by atoms with E-state index >= 15 is 0 Å². The average molecular weight is 359 g/mol. The van der Waals surface area contributed by atoms with Crippen molar-refractivity contribution in [1.29, 1.82) is 0 Å². The first-order chi connectivity index (χ1) is 11.7. The van der Waals surface area contributed by atoms with Crippen molar-refractivity contribution in [1.82, 2.24) is 14.8 Å². The maximum absolute atomic E-state index is 13.8. The molecule has 0 aliphatic heterocycles. The minimum atomic E-state index is -0.189. The number of halogens is 1. The van der Waals surface area contributed by atoms with Crippen molar-refractivity contribution in [2.24, 2.45) is 0 Å². The lowest BCUT2D eigenvalue weighted by molar-refractivity contribution is 0.617. The van der Waals surface area contributed by atoms with E-state index in [2.05, 4.69) is 35.1 Å². The molecule has 0 saturated heterocycles. The Kier molecular flexibility index (Phi) is 5.48. The molecule has 0 amide bonds. The van der Waals surface area contributed by atoms with E-state index in [1.54, 1.807) is 23.5 Å². The molecule has 0 saturated carbocycles. The van der Waals surface area contributed by atoms with Gasteiger partial charge in [-0.25, -0.2) is 4.39 Å². The van der Waals surface area contributed by atoms with Crippen molar-refractivity contribution in [3.8, 4) is 11.4 Å². The van der Waals surface area contributed by atoms with Gasteiger partial charge in [-0.3, -0.25) is 4.57 Å². The lowest BCUT2D eigenvalue weighted by Crippen LogP contribution is -2.00. The van der Waals surface area contributed by atoms with Crippen LogP contribution in [0.3, 0.4) is 0 Å². The van der Waals surface area contributed by atoms with Crippen molar-refractivity contribution in [3.63, 3.8) is 0 Å². The Morgan fingerprint density at radius 1 is 1.33 bits per heavy atom. The molecule has 0 atom stereocenters. The first-order valence-electron chi connectivity index (χ1n) is 7.71. The lowest BCUT2D eigenvalue weighted by atomic mass is 10.2. The Balaban J connectivity index is 1.85. The second-order valence-corrected chi connectivity index (χ2v) is 7.18. The maximum Gasteiger partial charge on any atom is 0.192 e. The lowest BCUT2D eigenvalue weighted by Gasteiger charge is -2.07. The van der Waals surface area contributed by atoms with Gasteiger partial charge in [-0.2, -0.15) is 0 Å². The van der Waals surface area contributed by atoms with Crippen LogP contribution >= 0.6 is 23.1 Å². The summed E-state index contributed by atoms with van der Waals surface area (Å²) in [5.41, 5.74) is 1.74. The fourth-order valence-electron chi connectivity index (χ4n) is 2.34. The first-order valence-corrected chi connectivity index (χ1v) is 9.57. The summed E-state index contributed by atoms with van der Waals surface area (Å²) in [5.74, 6) is 1.17. The monoisotopic (exact) mass is 359 g/mol. The van der Waals surface area contributed by atoms with E-state index in [9.17, 15) is 4.39 Å². The molecule has 3 aromatic rings. The van der Waals surface area contributed by atoms with Crippen LogP contribution in [0.1, 0.15) is 17.4 Å². The second kappa shape index (κ2) is 7.77. The molecule has 0 bridgehead atoms. The highest BCUT2D eigenvalue weighted by atomic mass is 32.2. The molecule has 24 heavy (non-hydrogen) atoms. The quantitative estimate of drug-likeness (QED) is 0.430. The third kappa shape index (κ3) is 3.60. The fraction of sp³-hybridized carbons (Fsp3) is 0.222. The van der Waals surface area contributed by atoms with E-state index in [4.69, 9.17) is 0 Å². The van der Waals surface area contributed by atoms with Crippen LogP contribution in [-0.4, -0.2) is 14.8 Å². The minimum absolute atomic E-state index is 0.189. The van der Waals surface area contributed by atoms with E-state index < -0.39 is 0 Å². The third-order valence-corrected chi connectivity index (χ3v) is 5.70. The zero-order valence-electron chi connectivity index (χ0n) is 13.4. The maximum atomic E-state index is 13.8. The van der Waals surface area contributed by atoms with Gasteiger partial charge in [-0.05, 0) is 24.1 Å². The molecule has 0 radical (unpaired) electrons. The van der Waals surface area contributed by atoms with Gasteiger partial charge in [0.1, 0.15) is 5.82 Å². The van der Waals surface area contributed by atoms with Gasteiger partial charge >= 0.3 is 0 Å². The standard InChI is InChI=1S/C18H18FN3S2/c1-3-9-22-17(14-10-15(4-2)23-12-14)20-21-18(22)24-11-13-7-5-6-8-16(13)19/h3,5-8,10,12H,1,4,9,11H2,2H3. The molecule has 0 aliphatic rings. The zero-order valence-corrected chi connectivity index (χ0v) is 15.0. The van der Waals surface area contributed by atoms with E-state index in [1.807, 2.05) is 16.7 Å². The van der Waals surface area contributed by atoms with Gasteiger partial charge in [0.2, 0.25) is 0 Å². The Hall–Kier alpha value is -1.92. The number of nitrogens with zero attached hydrogens (tertiary/aromatic N) is 3.